The minimum Gasteiger partial charge on any atom is -0.483 e. The summed E-state index contributed by atoms with van der Waals surface area (Å²) < 4.78 is 11.3. The molecule has 1 fully saturated rings. The fourth-order valence-electron chi connectivity index (χ4n) is 2.71. The second kappa shape index (κ2) is 12.2. The summed E-state index contributed by atoms with van der Waals surface area (Å²) in [5, 5.41) is 15.9. The van der Waals surface area contributed by atoms with Crippen molar-refractivity contribution in [2.45, 2.75) is 19.1 Å². The van der Waals surface area contributed by atoms with Gasteiger partial charge in [-0.2, -0.15) is 0 Å². The predicted molar refractivity (Wildman–Crippen MR) is 96.1 cm³/mol. The Labute approximate surface area is 153 Å². The zero-order chi connectivity index (χ0) is 19.4. The van der Waals surface area contributed by atoms with E-state index in [9.17, 15) is 4.79 Å². The van der Waals surface area contributed by atoms with Crippen LogP contribution < -0.4 is 4.74 Å². The van der Waals surface area contributed by atoms with Crippen LogP contribution in [0.15, 0.2) is 30.3 Å². The maximum atomic E-state index is 12.7. The summed E-state index contributed by atoms with van der Waals surface area (Å²) in [5.74, 6) is 0.662. The zero-order valence-corrected chi connectivity index (χ0v) is 15.3. The van der Waals surface area contributed by atoms with E-state index in [2.05, 4.69) is 0 Å². The predicted octanol–water partition coefficient (Wildman–Crippen LogP) is 0.306. The number of amides is 1. The minimum atomic E-state index is -0.541. The van der Waals surface area contributed by atoms with E-state index in [0.717, 1.165) is 0 Å². The molecule has 1 heterocycles. The highest BCUT2D eigenvalue weighted by Crippen LogP contribution is 2.15. The van der Waals surface area contributed by atoms with E-state index in [0.29, 0.717) is 38.6 Å². The zero-order valence-electron chi connectivity index (χ0n) is 15.3. The largest absolute Gasteiger partial charge is 0.483 e. The van der Waals surface area contributed by atoms with Crippen LogP contribution in [0.4, 0.5) is 0 Å². The summed E-state index contributed by atoms with van der Waals surface area (Å²) >= 11 is 0. The normalized spacial score (nSPS) is 17.8. The Hall–Kier alpha value is -2.16. The number of ether oxygens (including phenoxy) is 2. The van der Waals surface area contributed by atoms with Crippen molar-refractivity contribution >= 4 is 12.4 Å². The van der Waals surface area contributed by atoms with Crippen LogP contribution in [0.1, 0.15) is 6.92 Å². The Balaban J connectivity index is 0.00000105. The highest BCUT2D eigenvalue weighted by Gasteiger charge is 2.31. The second-order valence-corrected chi connectivity index (χ2v) is 5.92. The maximum Gasteiger partial charge on any atom is 0.290 e. The molecular formula is C18H28N2O6. The van der Waals surface area contributed by atoms with Crippen molar-refractivity contribution in [2.75, 3.05) is 46.5 Å². The minimum absolute atomic E-state index is 0.0189. The molecular weight excluding hydrogens is 340 g/mol. The van der Waals surface area contributed by atoms with E-state index in [-0.39, 0.29) is 25.0 Å². The van der Waals surface area contributed by atoms with Gasteiger partial charge in [0.15, 0.2) is 6.10 Å². The lowest BCUT2D eigenvalue weighted by Gasteiger charge is -2.38. The second-order valence-electron chi connectivity index (χ2n) is 5.92. The van der Waals surface area contributed by atoms with Crippen molar-refractivity contribution in [1.29, 1.82) is 0 Å². The van der Waals surface area contributed by atoms with Gasteiger partial charge in [0.25, 0.3) is 12.4 Å². The summed E-state index contributed by atoms with van der Waals surface area (Å²) in [5.41, 5.74) is 0. The van der Waals surface area contributed by atoms with Gasteiger partial charge in [-0.25, -0.2) is 0 Å². The molecule has 8 heteroatoms. The lowest BCUT2D eigenvalue weighted by molar-refractivity contribution is -0.147. The Kier molecular flexibility index (Phi) is 10.3. The van der Waals surface area contributed by atoms with Crippen molar-refractivity contribution < 1.29 is 29.3 Å². The number of morpholine rings is 1. The van der Waals surface area contributed by atoms with Gasteiger partial charge in [-0.3, -0.25) is 9.59 Å². The number of rotatable bonds is 7. The van der Waals surface area contributed by atoms with Crippen LogP contribution in [-0.2, 0) is 14.3 Å². The van der Waals surface area contributed by atoms with Gasteiger partial charge in [0, 0.05) is 19.6 Å². The lowest BCUT2D eigenvalue weighted by Crippen LogP contribution is -2.56. The lowest BCUT2D eigenvalue weighted by atomic mass is 10.2. The smallest absolute Gasteiger partial charge is 0.290 e. The molecule has 0 bridgehead atoms. The Morgan fingerprint density at radius 2 is 2.12 bits per heavy atom. The third kappa shape index (κ3) is 7.38. The highest BCUT2D eigenvalue weighted by molar-refractivity contribution is 5.81. The molecule has 1 amide bonds. The van der Waals surface area contributed by atoms with E-state index in [1.165, 1.54) is 0 Å². The highest BCUT2D eigenvalue weighted by atomic mass is 16.5. The first-order valence-electron chi connectivity index (χ1n) is 8.50. The third-order valence-electron chi connectivity index (χ3n) is 3.92. The fraction of sp³-hybridized carbons (Fsp3) is 0.556. The molecule has 2 unspecified atom stereocenters. The molecule has 2 N–H and O–H groups in total. The van der Waals surface area contributed by atoms with Crippen molar-refractivity contribution in [3.63, 3.8) is 0 Å². The number of carbonyl (C=O) groups is 2. The topological polar surface area (TPSA) is 99.5 Å². The Bertz CT molecular complexity index is 528. The molecule has 26 heavy (non-hydrogen) atoms. The number of carbonyl (C=O) groups excluding carboxylic acids is 1. The number of benzene rings is 1. The summed E-state index contributed by atoms with van der Waals surface area (Å²) in [6.45, 7) is 4.51. The van der Waals surface area contributed by atoms with Gasteiger partial charge in [0.2, 0.25) is 0 Å². The van der Waals surface area contributed by atoms with E-state index < -0.39 is 6.10 Å². The van der Waals surface area contributed by atoms with Gasteiger partial charge in [-0.15, -0.1) is 0 Å². The van der Waals surface area contributed by atoms with E-state index in [1.54, 1.807) is 6.92 Å². The number of para-hydroxylation sites is 1. The van der Waals surface area contributed by atoms with Gasteiger partial charge >= 0.3 is 0 Å². The third-order valence-corrected chi connectivity index (χ3v) is 3.92. The standard InChI is InChI=1S/C17H26N2O4.CH2O2/c1-14(23-16-6-4-3-5-7-16)17(21)19-9-11-22-13-15(19)12-18(2)8-10-20;2-1-3/h3-7,14-15,20H,8-13H2,1-2H3;1H,(H,2,3). The monoisotopic (exact) mass is 368 g/mol. The number of hydrogen-bond acceptors (Lipinski definition) is 6. The molecule has 1 aliphatic heterocycles. The van der Waals surface area contributed by atoms with Crippen LogP contribution in [0, 0.1) is 0 Å². The first-order valence-corrected chi connectivity index (χ1v) is 8.50. The van der Waals surface area contributed by atoms with Crippen molar-refractivity contribution in [3.8, 4) is 5.75 Å². The fourth-order valence-corrected chi connectivity index (χ4v) is 2.71. The number of likely N-dealkylation sites (N-methyl/N-ethyl adjacent to an activating group) is 1. The van der Waals surface area contributed by atoms with Crippen LogP contribution in [0.3, 0.4) is 0 Å². The molecule has 2 rings (SSSR count). The Morgan fingerprint density at radius 1 is 1.46 bits per heavy atom. The summed E-state index contributed by atoms with van der Waals surface area (Å²) in [7, 11) is 1.93. The summed E-state index contributed by atoms with van der Waals surface area (Å²) in [6.07, 6.45) is -0.541. The molecule has 0 spiro atoms. The molecule has 1 aromatic rings. The van der Waals surface area contributed by atoms with Gasteiger partial charge in [-0.1, -0.05) is 18.2 Å². The van der Waals surface area contributed by atoms with Gasteiger partial charge in [-0.05, 0) is 26.1 Å². The maximum absolute atomic E-state index is 12.7. The quantitative estimate of drug-likeness (QED) is 0.668. The average molecular weight is 368 g/mol. The number of nitrogens with zero attached hydrogens (tertiary/aromatic N) is 2. The van der Waals surface area contributed by atoms with Crippen LogP contribution in [0.2, 0.25) is 0 Å². The van der Waals surface area contributed by atoms with Crippen LogP contribution in [0.25, 0.3) is 0 Å². The summed E-state index contributed by atoms with van der Waals surface area (Å²) in [4.78, 5) is 24.9. The van der Waals surface area contributed by atoms with E-state index in [4.69, 9.17) is 24.5 Å². The van der Waals surface area contributed by atoms with Crippen LogP contribution in [-0.4, -0.2) is 91.0 Å². The number of hydrogen-bond donors (Lipinski definition) is 2. The van der Waals surface area contributed by atoms with Crippen molar-refractivity contribution in [1.82, 2.24) is 9.80 Å². The first-order chi connectivity index (χ1) is 12.5. The molecule has 0 saturated carbocycles. The van der Waals surface area contributed by atoms with Gasteiger partial charge in [0.1, 0.15) is 5.75 Å². The molecule has 1 aromatic carbocycles. The molecule has 146 valence electrons. The van der Waals surface area contributed by atoms with E-state index in [1.807, 2.05) is 47.2 Å². The average Bonchev–Trinajstić information content (AvgIpc) is 2.63. The number of aliphatic hydroxyl groups is 1. The molecule has 1 saturated heterocycles. The van der Waals surface area contributed by atoms with Crippen LogP contribution >= 0.6 is 0 Å². The van der Waals surface area contributed by atoms with Crippen molar-refractivity contribution in [2.24, 2.45) is 0 Å². The number of aliphatic hydroxyl groups excluding tert-OH is 1. The molecule has 0 radical (unpaired) electrons. The summed E-state index contributed by atoms with van der Waals surface area (Å²) in [6, 6.07) is 9.34. The molecule has 0 aliphatic carbocycles. The molecule has 8 nitrogen and oxygen atoms in total. The first kappa shape index (κ1) is 21.9. The van der Waals surface area contributed by atoms with Crippen LogP contribution in [0.5, 0.6) is 5.75 Å². The SMILES string of the molecule is CC(Oc1ccccc1)C(=O)N1CCOCC1CN(C)CCO.O=CO. The molecule has 2 atom stereocenters. The molecule has 1 aliphatic rings. The van der Waals surface area contributed by atoms with E-state index >= 15 is 0 Å². The number of carboxylic acid groups (broad SMARTS) is 1. The van der Waals surface area contributed by atoms with Crippen molar-refractivity contribution in [3.05, 3.63) is 30.3 Å². The Morgan fingerprint density at radius 3 is 2.73 bits per heavy atom. The molecule has 0 aromatic heterocycles. The van der Waals surface area contributed by atoms with Gasteiger partial charge in [0.05, 0.1) is 25.9 Å². The van der Waals surface area contributed by atoms with Gasteiger partial charge < -0.3 is 29.5 Å².